The molecule has 0 saturated carbocycles. The van der Waals surface area contributed by atoms with Gasteiger partial charge < -0.3 is 9.84 Å². The highest BCUT2D eigenvalue weighted by atomic mass is 32.2. The normalized spacial score (nSPS) is 16.4. The molecule has 7 heteroatoms. The van der Waals surface area contributed by atoms with E-state index in [1.165, 1.54) is 25.3 Å². The summed E-state index contributed by atoms with van der Waals surface area (Å²) in [4.78, 5) is 11.4. The molecular weight excluding hydrogens is 366 g/mol. The highest BCUT2D eigenvalue weighted by Crippen LogP contribution is 2.33. The second-order valence-electron chi connectivity index (χ2n) is 6.30. The van der Waals surface area contributed by atoms with Gasteiger partial charge in [-0.3, -0.25) is 4.79 Å². The van der Waals surface area contributed by atoms with Crippen molar-refractivity contribution >= 4 is 21.9 Å². The van der Waals surface area contributed by atoms with Crippen LogP contribution < -0.4 is 9.46 Å². The number of aliphatic hydroxyl groups is 1. The zero-order valence-electron chi connectivity index (χ0n) is 14.9. The smallest absolute Gasteiger partial charge is 0.241 e. The molecule has 27 heavy (non-hydrogen) atoms. The maximum Gasteiger partial charge on any atom is 0.241 e. The number of hydrogen-bond donors (Lipinski definition) is 2. The van der Waals surface area contributed by atoms with Crippen molar-refractivity contribution in [1.29, 1.82) is 0 Å². The number of sulfonamides is 1. The van der Waals surface area contributed by atoms with Crippen molar-refractivity contribution in [1.82, 2.24) is 4.72 Å². The van der Waals surface area contributed by atoms with Crippen molar-refractivity contribution in [3.05, 3.63) is 65.2 Å². The molecule has 0 spiro atoms. The quantitative estimate of drug-likeness (QED) is 0.711. The van der Waals surface area contributed by atoms with Crippen LogP contribution in [-0.2, 0) is 21.2 Å². The van der Waals surface area contributed by atoms with Crippen molar-refractivity contribution < 1.29 is 23.1 Å². The SMILES string of the molecule is COc1ccc(S(=O)(=O)NC2CCc3cc(/C=C/C(=O)CO)ccc32)cc1. The molecule has 2 N–H and O–H groups in total. The number of ether oxygens (including phenoxy) is 1. The molecule has 0 bridgehead atoms. The van der Waals surface area contributed by atoms with E-state index in [2.05, 4.69) is 4.72 Å². The lowest BCUT2D eigenvalue weighted by Crippen LogP contribution is -2.27. The van der Waals surface area contributed by atoms with Gasteiger partial charge >= 0.3 is 0 Å². The second kappa shape index (κ2) is 8.04. The molecule has 1 aliphatic carbocycles. The third-order valence-corrected chi connectivity index (χ3v) is 6.02. The number of carbonyl (C=O) groups is 1. The van der Waals surface area contributed by atoms with Crippen molar-refractivity contribution in [3.8, 4) is 5.75 Å². The number of methoxy groups -OCH3 is 1. The molecule has 1 atom stereocenters. The molecule has 0 fully saturated rings. The van der Waals surface area contributed by atoms with Gasteiger partial charge in [-0.05, 0) is 59.9 Å². The Labute approximate surface area is 158 Å². The molecule has 142 valence electrons. The van der Waals surface area contributed by atoms with E-state index in [-0.39, 0.29) is 16.7 Å². The Balaban J connectivity index is 1.77. The Morgan fingerprint density at radius 3 is 2.67 bits per heavy atom. The van der Waals surface area contributed by atoms with Gasteiger partial charge in [0.05, 0.1) is 12.0 Å². The van der Waals surface area contributed by atoms with Gasteiger partial charge in [0.1, 0.15) is 12.4 Å². The van der Waals surface area contributed by atoms with Crippen LogP contribution in [0.5, 0.6) is 5.75 Å². The van der Waals surface area contributed by atoms with E-state index in [9.17, 15) is 13.2 Å². The van der Waals surface area contributed by atoms with E-state index in [1.807, 2.05) is 18.2 Å². The van der Waals surface area contributed by atoms with Gasteiger partial charge in [0, 0.05) is 6.04 Å². The van der Waals surface area contributed by atoms with Crippen molar-refractivity contribution in [3.63, 3.8) is 0 Å². The van der Waals surface area contributed by atoms with Crippen LogP contribution in [0.15, 0.2) is 53.4 Å². The van der Waals surface area contributed by atoms with Crippen LogP contribution >= 0.6 is 0 Å². The first-order valence-corrected chi connectivity index (χ1v) is 10.0. The van der Waals surface area contributed by atoms with Crippen LogP contribution in [0.4, 0.5) is 0 Å². The highest BCUT2D eigenvalue weighted by Gasteiger charge is 2.27. The van der Waals surface area contributed by atoms with E-state index in [0.29, 0.717) is 12.2 Å². The number of aryl methyl sites for hydroxylation is 1. The number of hydrogen-bond acceptors (Lipinski definition) is 5. The number of aliphatic hydroxyl groups excluding tert-OH is 1. The Morgan fingerprint density at radius 1 is 1.26 bits per heavy atom. The number of rotatable bonds is 7. The number of fused-ring (bicyclic) bond motifs is 1. The lowest BCUT2D eigenvalue weighted by molar-refractivity contribution is -0.117. The average Bonchev–Trinajstić information content (AvgIpc) is 3.07. The molecule has 2 aromatic carbocycles. The Hall–Kier alpha value is -2.48. The topological polar surface area (TPSA) is 92.7 Å². The third-order valence-electron chi connectivity index (χ3n) is 4.53. The zero-order chi connectivity index (χ0) is 19.4. The third kappa shape index (κ3) is 4.44. The Morgan fingerprint density at radius 2 is 2.00 bits per heavy atom. The molecule has 0 aliphatic heterocycles. The van der Waals surface area contributed by atoms with E-state index >= 15 is 0 Å². The van der Waals surface area contributed by atoms with Crippen molar-refractivity contribution in [2.75, 3.05) is 13.7 Å². The fourth-order valence-corrected chi connectivity index (χ4v) is 4.37. The summed E-state index contributed by atoms with van der Waals surface area (Å²) in [6, 6.07) is 11.6. The number of carbonyl (C=O) groups excluding carboxylic acids is 1. The molecule has 0 aromatic heterocycles. The fraction of sp³-hybridized carbons (Fsp3) is 0.250. The van der Waals surface area contributed by atoms with Crippen molar-refractivity contribution in [2.24, 2.45) is 0 Å². The lowest BCUT2D eigenvalue weighted by Gasteiger charge is -2.15. The minimum absolute atomic E-state index is 0.193. The average molecular weight is 387 g/mol. The van der Waals surface area contributed by atoms with Crippen molar-refractivity contribution in [2.45, 2.75) is 23.8 Å². The van der Waals surface area contributed by atoms with Crippen LogP contribution in [0.1, 0.15) is 29.2 Å². The Kier molecular flexibility index (Phi) is 5.74. The van der Waals surface area contributed by atoms with E-state index in [1.54, 1.807) is 18.2 Å². The van der Waals surface area contributed by atoms with Crippen LogP contribution in [-0.4, -0.2) is 33.0 Å². The fourth-order valence-electron chi connectivity index (χ4n) is 3.12. The first-order chi connectivity index (χ1) is 12.9. The van der Waals surface area contributed by atoms with Gasteiger partial charge in [0.25, 0.3) is 0 Å². The van der Waals surface area contributed by atoms with Crippen LogP contribution in [0, 0.1) is 0 Å². The number of benzene rings is 2. The first kappa shape index (κ1) is 19.3. The van der Waals surface area contributed by atoms with E-state index in [4.69, 9.17) is 9.84 Å². The molecule has 0 saturated heterocycles. The lowest BCUT2D eigenvalue weighted by atomic mass is 10.0. The van der Waals surface area contributed by atoms with Gasteiger partial charge in [-0.15, -0.1) is 0 Å². The number of nitrogens with one attached hydrogen (secondary N) is 1. The summed E-state index contributed by atoms with van der Waals surface area (Å²) in [7, 11) is -2.11. The van der Waals surface area contributed by atoms with Gasteiger partial charge in [-0.1, -0.05) is 24.3 Å². The van der Waals surface area contributed by atoms with Gasteiger partial charge in [-0.25, -0.2) is 13.1 Å². The van der Waals surface area contributed by atoms with E-state index in [0.717, 1.165) is 23.1 Å². The maximum atomic E-state index is 12.7. The number of ketones is 1. The largest absolute Gasteiger partial charge is 0.497 e. The predicted octanol–water partition coefficient (Wildman–Crippen LogP) is 2.24. The summed E-state index contributed by atoms with van der Waals surface area (Å²) in [6.45, 7) is -0.517. The summed E-state index contributed by atoms with van der Waals surface area (Å²) in [6.07, 6.45) is 4.41. The summed E-state index contributed by atoms with van der Waals surface area (Å²) < 4.78 is 33.1. The van der Waals surface area contributed by atoms with E-state index < -0.39 is 16.6 Å². The maximum absolute atomic E-state index is 12.7. The first-order valence-electron chi connectivity index (χ1n) is 8.54. The highest BCUT2D eigenvalue weighted by molar-refractivity contribution is 7.89. The standard InChI is InChI=1S/C20H21NO5S/c1-26-17-6-8-18(9-7-17)27(24,25)21-20-11-4-15-12-14(3-10-19(15)20)2-5-16(23)13-22/h2-3,5-10,12,20-22H,4,11,13H2,1H3/b5-2+. The van der Waals surface area contributed by atoms with Crippen LogP contribution in [0.25, 0.3) is 6.08 Å². The molecule has 6 nitrogen and oxygen atoms in total. The van der Waals surface area contributed by atoms with Crippen LogP contribution in [0.3, 0.4) is 0 Å². The monoisotopic (exact) mass is 387 g/mol. The molecular formula is C20H21NO5S. The van der Waals surface area contributed by atoms with Gasteiger partial charge in [-0.2, -0.15) is 0 Å². The molecule has 0 radical (unpaired) electrons. The summed E-state index contributed by atoms with van der Waals surface area (Å²) >= 11 is 0. The summed E-state index contributed by atoms with van der Waals surface area (Å²) in [5.74, 6) is 0.237. The summed E-state index contributed by atoms with van der Waals surface area (Å²) in [5.41, 5.74) is 2.84. The molecule has 1 unspecified atom stereocenters. The van der Waals surface area contributed by atoms with Crippen LogP contribution in [0.2, 0.25) is 0 Å². The van der Waals surface area contributed by atoms with Gasteiger partial charge in [0.2, 0.25) is 10.0 Å². The molecule has 0 heterocycles. The molecule has 3 rings (SSSR count). The molecule has 1 aliphatic rings. The minimum Gasteiger partial charge on any atom is -0.497 e. The predicted molar refractivity (Wildman–Crippen MR) is 102 cm³/mol. The minimum atomic E-state index is -3.64. The molecule has 0 amide bonds. The summed E-state index contributed by atoms with van der Waals surface area (Å²) in [5, 5.41) is 8.76. The zero-order valence-corrected chi connectivity index (χ0v) is 15.7. The second-order valence-corrected chi connectivity index (χ2v) is 8.02. The molecule has 2 aromatic rings. The van der Waals surface area contributed by atoms with Gasteiger partial charge in [0.15, 0.2) is 5.78 Å². The Bertz CT molecular complexity index is 964.